The molecule has 2 aromatic rings. The van der Waals surface area contributed by atoms with Crippen molar-refractivity contribution in [3.63, 3.8) is 0 Å². The van der Waals surface area contributed by atoms with Crippen molar-refractivity contribution in [2.24, 2.45) is 4.99 Å². The Balaban J connectivity index is 2.48. The molecule has 0 aliphatic carbocycles. The average Bonchev–Trinajstić information content (AvgIpc) is 2.56. The molecule has 0 radical (unpaired) electrons. The number of aryl methyl sites for hydroxylation is 2. The van der Waals surface area contributed by atoms with Crippen LogP contribution in [0.15, 0.2) is 34.6 Å². The molecule has 0 aliphatic heterocycles. The van der Waals surface area contributed by atoms with E-state index in [1.807, 2.05) is 12.1 Å². The van der Waals surface area contributed by atoms with E-state index >= 15 is 0 Å². The van der Waals surface area contributed by atoms with E-state index in [2.05, 4.69) is 36.4 Å². The van der Waals surface area contributed by atoms with E-state index in [0.717, 1.165) is 9.67 Å². The Labute approximate surface area is 91.4 Å². The number of hydrogen-bond acceptors (Lipinski definition) is 3. The Morgan fingerprint density at radius 3 is 2.57 bits per heavy atom. The highest BCUT2D eigenvalue weighted by molar-refractivity contribution is 7.26. The summed E-state index contributed by atoms with van der Waals surface area (Å²) >= 11 is 3.45. The minimum atomic E-state index is 1.07. The lowest BCUT2D eigenvalue weighted by molar-refractivity contribution is 1.36. The summed E-state index contributed by atoms with van der Waals surface area (Å²) in [5, 5.41) is 2.14. The third-order valence-electron chi connectivity index (χ3n) is 1.90. The van der Waals surface area contributed by atoms with Gasteiger partial charge < -0.3 is 0 Å². The number of para-hydroxylation sites is 1. The van der Waals surface area contributed by atoms with Gasteiger partial charge in [0.25, 0.3) is 0 Å². The van der Waals surface area contributed by atoms with Gasteiger partial charge in [0.1, 0.15) is 0 Å². The number of hydrogen-bond donors (Lipinski definition) is 0. The van der Waals surface area contributed by atoms with Gasteiger partial charge in [0, 0.05) is 10.3 Å². The lowest BCUT2D eigenvalue weighted by Crippen LogP contribution is -1.85. The molecule has 72 valence electrons. The van der Waals surface area contributed by atoms with Crippen molar-refractivity contribution in [3.8, 4) is 0 Å². The highest BCUT2D eigenvalue weighted by Gasteiger charge is 1.94. The van der Waals surface area contributed by atoms with E-state index in [1.54, 1.807) is 22.7 Å². The van der Waals surface area contributed by atoms with Crippen LogP contribution in [-0.4, -0.2) is 0 Å². The normalized spacial score (nSPS) is 12.0. The highest BCUT2D eigenvalue weighted by Crippen LogP contribution is 2.17. The van der Waals surface area contributed by atoms with Crippen molar-refractivity contribution < 1.29 is 0 Å². The zero-order valence-corrected chi connectivity index (χ0v) is 9.78. The molecule has 1 aromatic heterocycles. The first kappa shape index (κ1) is 9.62. The Morgan fingerprint density at radius 2 is 1.93 bits per heavy atom. The zero-order valence-electron chi connectivity index (χ0n) is 8.15. The van der Waals surface area contributed by atoms with Gasteiger partial charge in [-0.2, -0.15) is 0 Å². The fraction of sp³-hybridized carbons (Fsp3) is 0.182. The van der Waals surface area contributed by atoms with Crippen LogP contribution < -0.4 is 3.98 Å². The highest BCUT2D eigenvalue weighted by atomic mass is 32.2. The molecule has 1 aromatic carbocycles. The molecule has 0 bridgehead atoms. The molecule has 1 nitrogen and oxygen atoms in total. The van der Waals surface area contributed by atoms with Crippen LogP contribution >= 0.6 is 22.7 Å². The number of rotatable bonds is 1. The third-order valence-corrected chi connectivity index (χ3v) is 4.06. The maximum absolute atomic E-state index is 4.60. The Kier molecular flexibility index (Phi) is 2.79. The van der Waals surface area contributed by atoms with E-state index in [9.17, 15) is 0 Å². The standard InChI is InChI=1S/C11H11NS2/c1-8-5-3-4-6-10(8)12-11-13-7-9(2)14-11/h3-7H,1-2H3. The minimum absolute atomic E-state index is 1.07. The quantitative estimate of drug-likeness (QED) is 0.697. The topological polar surface area (TPSA) is 12.4 Å². The summed E-state index contributed by atoms with van der Waals surface area (Å²) in [4.78, 5) is 5.92. The fourth-order valence-electron chi connectivity index (χ4n) is 1.16. The van der Waals surface area contributed by atoms with Crippen molar-refractivity contribution >= 4 is 28.4 Å². The zero-order chi connectivity index (χ0) is 9.97. The van der Waals surface area contributed by atoms with Crippen LogP contribution in [0, 0.1) is 13.8 Å². The van der Waals surface area contributed by atoms with E-state index < -0.39 is 0 Å². The largest absolute Gasteiger partial charge is 0.227 e. The predicted octanol–water partition coefficient (Wildman–Crippen LogP) is 3.66. The molecule has 0 fully saturated rings. The van der Waals surface area contributed by atoms with E-state index in [-0.39, 0.29) is 0 Å². The molecule has 0 aliphatic rings. The summed E-state index contributed by atoms with van der Waals surface area (Å²) in [6.45, 7) is 4.20. The third kappa shape index (κ3) is 2.11. The summed E-state index contributed by atoms with van der Waals surface area (Å²) in [5.74, 6) is 0. The first-order chi connectivity index (χ1) is 6.75. The van der Waals surface area contributed by atoms with Crippen LogP contribution in [0.4, 0.5) is 5.69 Å². The molecule has 0 spiro atoms. The first-order valence-corrected chi connectivity index (χ1v) is 6.11. The van der Waals surface area contributed by atoms with Gasteiger partial charge in [0.05, 0.1) is 5.69 Å². The SMILES string of the molecule is Cc1csc(=Nc2ccccc2C)s1. The van der Waals surface area contributed by atoms with Crippen molar-refractivity contribution in [1.29, 1.82) is 0 Å². The molecule has 0 unspecified atom stereocenters. The summed E-state index contributed by atoms with van der Waals surface area (Å²) in [5.41, 5.74) is 2.30. The molecule has 0 saturated heterocycles. The summed E-state index contributed by atoms with van der Waals surface area (Å²) in [6, 6.07) is 8.20. The van der Waals surface area contributed by atoms with Gasteiger partial charge in [-0.1, -0.05) is 18.2 Å². The predicted molar refractivity (Wildman–Crippen MR) is 63.3 cm³/mol. The van der Waals surface area contributed by atoms with Crippen LogP contribution in [0.1, 0.15) is 10.4 Å². The summed E-state index contributed by atoms with van der Waals surface area (Å²) < 4.78 is 1.12. The monoisotopic (exact) mass is 221 g/mol. The van der Waals surface area contributed by atoms with Crippen molar-refractivity contribution in [1.82, 2.24) is 0 Å². The minimum Gasteiger partial charge on any atom is -0.227 e. The second-order valence-electron chi connectivity index (χ2n) is 3.11. The lowest BCUT2D eigenvalue weighted by Gasteiger charge is -1.95. The summed E-state index contributed by atoms with van der Waals surface area (Å²) in [7, 11) is 0. The molecule has 3 heteroatoms. The van der Waals surface area contributed by atoms with Gasteiger partial charge in [-0.3, -0.25) is 0 Å². The lowest BCUT2D eigenvalue weighted by atomic mass is 10.2. The van der Waals surface area contributed by atoms with E-state index in [1.165, 1.54) is 10.4 Å². The first-order valence-electron chi connectivity index (χ1n) is 4.41. The van der Waals surface area contributed by atoms with E-state index in [0.29, 0.717) is 0 Å². The Bertz CT molecular complexity index is 494. The molecule has 1 heterocycles. The molecule has 0 saturated carbocycles. The summed E-state index contributed by atoms with van der Waals surface area (Å²) in [6.07, 6.45) is 0. The van der Waals surface area contributed by atoms with Crippen LogP contribution in [0.3, 0.4) is 0 Å². The average molecular weight is 221 g/mol. The fourth-order valence-corrected chi connectivity index (χ4v) is 3.06. The van der Waals surface area contributed by atoms with Crippen molar-refractivity contribution in [2.45, 2.75) is 13.8 Å². The van der Waals surface area contributed by atoms with Gasteiger partial charge in [-0.05, 0) is 25.5 Å². The molecular weight excluding hydrogens is 210 g/mol. The van der Waals surface area contributed by atoms with Gasteiger partial charge >= 0.3 is 0 Å². The molecule has 0 amide bonds. The maximum Gasteiger partial charge on any atom is 0.171 e. The van der Waals surface area contributed by atoms with Crippen LogP contribution in [0.5, 0.6) is 0 Å². The van der Waals surface area contributed by atoms with Crippen molar-refractivity contribution in [3.05, 3.63) is 44.1 Å². The van der Waals surface area contributed by atoms with Crippen molar-refractivity contribution in [2.75, 3.05) is 0 Å². The van der Waals surface area contributed by atoms with Gasteiger partial charge in [-0.15, -0.1) is 22.7 Å². The Morgan fingerprint density at radius 1 is 1.14 bits per heavy atom. The second-order valence-corrected chi connectivity index (χ2v) is 5.46. The molecular formula is C11H11NS2. The number of benzene rings is 1. The van der Waals surface area contributed by atoms with Crippen LogP contribution in [0.2, 0.25) is 0 Å². The van der Waals surface area contributed by atoms with Crippen LogP contribution in [-0.2, 0) is 0 Å². The van der Waals surface area contributed by atoms with Gasteiger partial charge in [0.2, 0.25) is 0 Å². The maximum atomic E-state index is 4.60. The molecule has 0 N–H and O–H groups in total. The van der Waals surface area contributed by atoms with Gasteiger partial charge in [-0.25, -0.2) is 4.99 Å². The second kappa shape index (κ2) is 4.07. The molecule has 2 rings (SSSR count). The van der Waals surface area contributed by atoms with Gasteiger partial charge in [0.15, 0.2) is 3.98 Å². The molecule has 0 atom stereocenters. The molecule has 14 heavy (non-hydrogen) atoms. The van der Waals surface area contributed by atoms with E-state index in [4.69, 9.17) is 0 Å². The van der Waals surface area contributed by atoms with Crippen LogP contribution in [0.25, 0.3) is 0 Å². The smallest absolute Gasteiger partial charge is 0.171 e. The Hall–Kier alpha value is -0.930. The number of nitrogens with zero attached hydrogens (tertiary/aromatic N) is 1.